The Morgan fingerprint density at radius 3 is 2.91 bits per heavy atom. The molecule has 1 aliphatic heterocycles. The van der Waals surface area contributed by atoms with Gasteiger partial charge in [-0.05, 0) is 50.9 Å². The number of hydrogen-bond donors (Lipinski definition) is 2. The molecule has 0 spiro atoms. The van der Waals surface area contributed by atoms with E-state index in [9.17, 15) is 4.79 Å². The number of nitrogens with one attached hydrogen (secondary N) is 2. The zero-order valence-electron chi connectivity index (χ0n) is 13.1. The second-order valence-electron chi connectivity index (χ2n) is 5.84. The van der Waals surface area contributed by atoms with Gasteiger partial charge in [0, 0.05) is 17.1 Å². The van der Waals surface area contributed by atoms with Crippen molar-refractivity contribution < 1.29 is 4.79 Å². The van der Waals surface area contributed by atoms with Gasteiger partial charge >= 0.3 is 0 Å². The fourth-order valence-corrected chi connectivity index (χ4v) is 3.87. The van der Waals surface area contributed by atoms with Gasteiger partial charge in [0.15, 0.2) is 0 Å². The molecule has 1 saturated heterocycles. The summed E-state index contributed by atoms with van der Waals surface area (Å²) >= 11 is 7.34. The molecule has 122 valence electrons. The Morgan fingerprint density at radius 2 is 2.22 bits per heavy atom. The Bertz CT molecular complexity index is 678. The number of carbonyl (C=O) groups excluding carboxylic acids is 1. The molecule has 23 heavy (non-hydrogen) atoms. The van der Waals surface area contributed by atoms with Crippen molar-refractivity contribution in [1.82, 2.24) is 15.6 Å². The van der Waals surface area contributed by atoms with Gasteiger partial charge in [-0.25, -0.2) is 4.98 Å². The number of aryl methyl sites for hydroxylation is 1. The van der Waals surface area contributed by atoms with Gasteiger partial charge in [0.25, 0.3) is 5.91 Å². The summed E-state index contributed by atoms with van der Waals surface area (Å²) in [7, 11) is 0. The molecule has 0 saturated carbocycles. The van der Waals surface area contributed by atoms with Crippen molar-refractivity contribution in [3.8, 4) is 10.6 Å². The van der Waals surface area contributed by atoms with E-state index in [0.717, 1.165) is 42.3 Å². The molecule has 6 heteroatoms. The lowest BCUT2D eigenvalue weighted by Crippen LogP contribution is -2.26. The van der Waals surface area contributed by atoms with E-state index in [0.29, 0.717) is 15.8 Å². The Morgan fingerprint density at radius 1 is 1.43 bits per heavy atom. The van der Waals surface area contributed by atoms with Gasteiger partial charge in [-0.1, -0.05) is 23.7 Å². The number of benzene rings is 1. The predicted octanol–water partition coefficient (Wildman–Crippen LogP) is 3.50. The summed E-state index contributed by atoms with van der Waals surface area (Å²) in [5, 5.41) is 7.92. The smallest absolute Gasteiger partial charge is 0.263 e. The van der Waals surface area contributed by atoms with E-state index in [2.05, 4.69) is 15.6 Å². The van der Waals surface area contributed by atoms with Gasteiger partial charge in [0.1, 0.15) is 9.88 Å². The van der Waals surface area contributed by atoms with E-state index >= 15 is 0 Å². The second-order valence-corrected chi connectivity index (χ2v) is 7.28. The maximum Gasteiger partial charge on any atom is 0.263 e. The topological polar surface area (TPSA) is 54.0 Å². The van der Waals surface area contributed by atoms with E-state index in [1.54, 1.807) is 0 Å². The van der Waals surface area contributed by atoms with Gasteiger partial charge in [-0.3, -0.25) is 4.79 Å². The van der Waals surface area contributed by atoms with Crippen LogP contribution in [-0.4, -0.2) is 30.5 Å². The monoisotopic (exact) mass is 349 g/mol. The van der Waals surface area contributed by atoms with Gasteiger partial charge < -0.3 is 10.6 Å². The van der Waals surface area contributed by atoms with Crippen molar-refractivity contribution in [3.05, 3.63) is 39.9 Å². The van der Waals surface area contributed by atoms with Crippen molar-refractivity contribution in [1.29, 1.82) is 0 Å². The molecule has 1 fully saturated rings. The molecule has 3 rings (SSSR count). The maximum atomic E-state index is 12.4. The van der Waals surface area contributed by atoms with E-state index < -0.39 is 0 Å². The number of hydrogen-bond acceptors (Lipinski definition) is 4. The van der Waals surface area contributed by atoms with Crippen molar-refractivity contribution in [2.75, 3.05) is 19.6 Å². The molecular weight excluding hydrogens is 330 g/mol. The second kappa shape index (κ2) is 7.43. The summed E-state index contributed by atoms with van der Waals surface area (Å²) in [4.78, 5) is 17.6. The van der Waals surface area contributed by atoms with Crippen molar-refractivity contribution in [2.45, 2.75) is 19.8 Å². The minimum Gasteiger partial charge on any atom is -0.351 e. The van der Waals surface area contributed by atoms with Crippen LogP contribution in [0.1, 0.15) is 28.2 Å². The number of nitrogens with zero attached hydrogens (tertiary/aromatic N) is 1. The molecular formula is C17H20ClN3OS. The average Bonchev–Trinajstić information content (AvgIpc) is 3.17. The van der Waals surface area contributed by atoms with Gasteiger partial charge in [0.05, 0.1) is 5.69 Å². The SMILES string of the molecule is Cc1nc(-c2ccc(Cl)cc2)sc1C(=O)NCCC1CCNC1. The number of amides is 1. The number of rotatable bonds is 5. The fourth-order valence-electron chi connectivity index (χ4n) is 2.75. The van der Waals surface area contributed by atoms with Crippen molar-refractivity contribution in [3.63, 3.8) is 0 Å². The zero-order chi connectivity index (χ0) is 16.2. The van der Waals surface area contributed by atoms with Gasteiger partial charge in [0.2, 0.25) is 0 Å². The molecule has 1 amide bonds. The van der Waals surface area contributed by atoms with Crippen LogP contribution in [0.2, 0.25) is 5.02 Å². The summed E-state index contributed by atoms with van der Waals surface area (Å²) < 4.78 is 0. The number of thiazole rings is 1. The standard InChI is InChI=1S/C17H20ClN3OS/c1-11-15(16(22)20-9-7-12-6-8-19-10-12)23-17(21-11)13-2-4-14(18)5-3-13/h2-5,12,19H,6-10H2,1H3,(H,20,22). The maximum absolute atomic E-state index is 12.4. The first kappa shape index (κ1) is 16.4. The molecule has 0 radical (unpaired) electrons. The number of carbonyl (C=O) groups is 1. The number of halogens is 1. The minimum atomic E-state index is -0.0221. The first-order chi connectivity index (χ1) is 11.1. The molecule has 1 aromatic heterocycles. The summed E-state index contributed by atoms with van der Waals surface area (Å²) in [6.45, 7) is 4.76. The molecule has 1 aromatic carbocycles. The molecule has 2 heterocycles. The highest BCUT2D eigenvalue weighted by Crippen LogP contribution is 2.28. The van der Waals surface area contributed by atoms with Crippen LogP contribution in [0.4, 0.5) is 0 Å². The minimum absolute atomic E-state index is 0.0221. The lowest BCUT2D eigenvalue weighted by Gasteiger charge is -2.08. The van der Waals surface area contributed by atoms with Crippen LogP contribution in [0.5, 0.6) is 0 Å². The zero-order valence-corrected chi connectivity index (χ0v) is 14.6. The molecule has 1 atom stereocenters. The Hall–Kier alpha value is -1.43. The predicted molar refractivity (Wildman–Crippen MR) is 95.2 cm³/mol. The molecule has 1 unspecified atom stereocenters. The summed E-state index contributed by atoms with van der Waals surface area (Å²) in [6, 6.07) is 7.52. The fraction of sp³-hybridized carbons (Fsp3) is 0.412. The number of aromatic nitrogens is 1. The highest BCUT2D eigenvalue weighted by atomic mass is 35.5. The summed E-state index contributed by atoms with van der Waals surface area (Å²) in [5.74, 6) is 0.661. The Labute approximate surface area is 145 Å². The van der Waals surface area contributed by atoms with Crippen LogP contribution < -0.4 is 10.6 Å². The quantitative estimate of drug-likeness (QED) is 0.868. The first-order valence-corrected chi connectivity index (χ1v) is 9.05. The molecule has 0 bridgehead atoms. The van der Waals surface area contributed by atoms with Crippen LogP contribution in [-0.2, 0) is 0 Å². The third-order valence-corrected chi connectivity index (χ3v) is 5.55. The van der Waals surface area contributed by atoms with E-state index in [-0.39, 0.29) is 5.91 Å². The lowest BCUT2D eigenvalue weighted by atomic mass is 10.1. The first-order valence-electron chi connectivity index (χ1n) is 7.86. The molecule has 4 nitrogen and oxygen atoms in total. The van der Waals surface area contributed by atoms with E-state index in [1.165, 1.54) is 17.8 Å². The van der Waals surface area contributed by atoms with Crippen molar-refractivity contribution >= 4 is 28.8 Å². The van der Waals surface area contributed by atoms with Crippen LogP contribution >= 0.6 is 22.9 Å². The molecule has 0 aliphatic carbocycles. The lowest BCUT2D eigenvalue weighted by molar-refractivity contribution is 0.0955. The molecule has 2 aromatic rings. The van der Waals surface area contributed by atoms with Crippen LogP contribution in [0.3, 0.4) is 0 Å². The van der Waals surface area contributed by atoms with Crippen molar-refractivity contribution in [2.24, 2.45) is 5.92 Å². The summed E-state index contributed by atoms with van der Waals surface area (Å²) in [6.07, 6.45) is 2.23. The van der Waals surface area contributed by atoms with Gasteiger partial charge in [-0.2, -0.15) is 0 Å². The normalized spacial score (nSPS) is 17.4. The highest BCUT2D eigenvalue weighted by molar-refractivity contribution is 7.17. The molecule has 2 N–H and O–H groups in total. The Balaban J connectivity index is 1.62. The van der Waals surface area contributed by atoms with Crippen LogP contribution in [0, 0.1) is 12.8 Å². The third kappa shape index (κ3) is 4.10. The average molecular weight is 350 g/mol. The Kier molecular flexibility index (Phi) is 5.30. The van der Waals surface area contributed by atoms with E-state index in [1.807, 2.05) is 31.2 Å². The van der Waals surface area contributed by atoms with E-state index in [4.69, 9.17) is 11.6 Å². The largest absolute Gasteiger partial charge is 0.351 e. The highest BCUT2D eigenvalue weighted by Gasteiger charge is 2.18. The molecule has 1 aliphatic rings. The van der Waals surface area contributed by atoms with Gasteiger partial charge in [-0.15, -0.1) is 11.3 Å². The summed E-state index contributed by atoms with van der Waals surface area (Å²) in [5.41, 5.74) is 1.76. The van der Waals surface area contributed by atoms with Crippen LogP contribution in [0.25, 0.3) is 10.6 Å². The van der Waals surface area contributed by atoms with Crippen LogP contribution in [0.15, 0.2) is 24.3 Å². The third-order valence-electron chi connectivity index (χ3n) is 4.09.